The third-order valence-corrected chi connectivity index (χ3v) is 4.14. The van der Waals surface area contributed by atoms with Crippen molar-refractivity contribution in [1.29, 1.82) is 0 Å². The predicted octanol–water partition coefficient (Wildman–Crippen LogP) is 5.25. The highest BCUT2D eigenvalue weighted by Gasteiger charge is 2.14. The first-order valence-corrected chi connectivity index (χ1v) is 8.03. The zero-order chi connectivity index (χ0) is 15.5. The van der Waals surface area contributed by atoms with Gasteiger partial charge in [0.2, 0.25) is 0 Å². The summed E-state index contributed by atoms with van der Waals surface area (Å²) in [4.78, 5) is 0. The Morgan fingerprint density at radius 3 is 2.59 bits per heavy atom. The van der Waals surface area contributed by atoms with Gasteiger partial charge in [0.05, 0.1) is 10.7 Å². The molecule has 22 heavy (non-hydrogen) atoms. The van der Waals surface area contributed by atoms with Gasteiger partial charge < -0.3 is 5.11 Å². The summed E-state index contributed by atoms with van der Waals surface area (Å²) in [5, 5.41) is 15.9. The van der Waals surface area contributed by atoms with Gasteiger partial charge in [-0.25, -0.2) is 0 Å². The van der Waals surface area contributed by atoms with E-state index in [1.165, 1.54) is 12.8 Å². The summed E-state index contributed by atoms with van der Waals surface area (Å²) in [6.07, 6.45) is 3.45. The minimum atomic E-state index is 0.267. The average Bonchev–Trinajstić information content (AvgIpc) is 2.88. The fraction of sp³-hybridized carbons (Fsp3) is 0.278. The number of phenolic OH excluding ortho intramolecular Hbond substituents is 1. The molecule has 0 saturated carbocycles. The number of aryl methyl sites for hydroxylation is 1. The quantitative estimate of drug-likeness (QED) is 0.653. The number of aromatic hydroxyl groups is 1. The number of unbranched alkanes of at least 4 members (excludes halogenated alkanes) is 2. The van der Waals surface area contributed by atoms with E-state index in [9.17, 15) is 5.11 Å². The Hall–Kier alpha value is -2.00. The first-order chi connectivity index (χ1) is 10.7. The molecule has 0 spiro atoms. The van der Waals surface area contributed by atoms with Crippen LogP contribution in [-0.2, 0) is 6.54 Å². The second-order valence-corrected chi connectivity index (χ2v) is 5.87. The molecule has 4 heteroatoms. The highest BCUT2D eigenvalue weighted by atomic mass is 35.5. The van der Waals surface area contributed by atoms with Crippen LogP contribution in [-0.4, -0.2) is 14.9 Å². The van der Waals surface area contributed by atoms with Crippen molar-refractivity contribution in [2.45, 2.75) is 32.7 Å². The van der Waals surface area contributed by atoms with Gasteiger partial charge in [-0.3, -0.25) is 4.68 Å². The number of hydrogen-bond donors (Lipinski definition) is 1. The smallest absolute Gasteiger partial charge is 0.115 e. The molecular weight excluding hydrogens is 296 g/mol. The lowest BCUT2D eigenvalue weighted by Gasteiger charge is -2.08. The maximum Gasteiger partial charge on any atom is 0.115 e. The predicted molar refractivity (Wildman–Crippen MR) is 91.4 cm³/mol. The molecule has 0 bridgehead atoms. The average molecular weight is 315 g/mol. The summed E-state index contributed by atoms with van der Waals surface area (Å²) in [7, 11) is 0. The van der Waals surface area contributed by atoms with Gasteiger partial charge in [-0.05, 0) is 36.8 Å². The fourth-order valence-corrected chi connectivity index (χ4v) is 2.93. The van der Waals surface area contributed by atoms with E-state index >= 15 is 0 Å². The molecule has 1 aromatic heterocycles. The third-order valence-electron chi connectivity index (χ3n) is 3.83. The van der Waals surface area contributed by atoms with Crippen LogP contribution >= 0.6 is 11.6 Å². The van der Waals surface area contributed by atoms with Crippen LogP contribution in [0.15, 0.2) is 42.5 Å². The highest BCUT2D eigenvalue weighted by molar-refractivity contribution is 6.35. The van der Waals surface area contributed by atoms with E-state index < -0.39 is 0 Å². The van der Waals surface area contributed by atoms with Crippen LogP contribution < -0.4 is 0 Å². The number of nitrogens with zero attached hydrogens (tertiary/aromatic N) is 2. The van der Waals surface area contributed by atoms with Crippen LogP contribution in [0.2, 0.25) is 5.02 Å². The van der Waals surface area contributed by atoms with Crippen molar-refractivity contribution in [3.05, 3.63) is 47.5 Å². The van der Waals surface area contributed by atoms with Crippen LogP contribution in [0.25, 0.3) is 22.2 Å². The van der Waals surface area contributed by atoms with Gasteiger partial charge in [-0.15, -0.1) is 0 Å². The lowest BCUT2D eigenvalue weighted by Crippen LogP contribution is -2.02. The minimum Gasteiger partial charge on any atom is -0.508 e. The second-order valence-electron chi connectivity index (χ2n) is 5.46. The van der Waals surface area contributed by atoms with Crippen molar-refractivity contribution < 1.29 is 5.11 Å². The topological polar surface area (TPSA) is 38.0 Å². The molecule has 2 aromatic carbocycles. The molecule has 1 N–H and O–H groups in total. The zero-order valence-electron chi connectivity index (χ0n) is 12.6. The van der Waals surface area contributed by atoms with E-state index in [4.69, 9.17) is 16.7 Å². The molecule has 3 aromatic rings. The number of hydrogen-bond acceptors (Lipinski definition) is 2. The molecule has 3 nitrogen and oxygen atoms in total. The molecular formula is C18H19ClN2O. The van der Waals surface area contributed by atoms with E-state index in [1.54, 1.807) is 12.1 Å². The molecule has 1 heterocycles. The summed E-state index contributed by atoms with van der Waals surface area (Å²) in [6, 6.07) is 13.1. The third kappa shape index (κ3) is 2.81. The first kappa shape index (κ1) is 14.9. The van der Waals surface area contributed by atoms with Crippen LogP contribution in [0, 0.1) is 0 Å². The molecule has 0 aliphatic carbocycles. The Labute approximate surface area is 135 Å². The summed E-state index contributed by atoms with van der Waals surface area (Å²) in [5.41, 5.74) is 2.94. The van der Waals surface area contributed by atoms with Gasteiger partial charge >= 0.3 is 0 Å². The molecule has 3 rings (SSSR count). The van der Waals surface area contributed by atoms with E-state index in [1.807, 2.05) is 35.0 Å². The van der Waals surface area contributed by atoms with Crippen LogP contribution in [0.1, 0.15) is 26.2 Å². The van der Waals surface area contributed by atoms with Gasteiger partial charge in [0.15, 0.2) is 0 Å². The lowest BCUT2D eigenvalue weighted by molar-refractivity contribution is 0.475. The van der Waals surface area contributed by atoms with Crippen molar-refractivity contribution in [3.63, 3.8) is 0 Å². The first-order valence-electron chi connectivity index (χ1n) is 7.65. The molecule has 0 aliphatic heterocycles. The fourth-order valence-electron chi connectivity index (χ4n) is 2.72. The lowest BCUT2D eigenvalue weighted by atomic mass is 10.1. The zero-order valence-corrected chi connectivity index (χ0v) is 13.3. The SMILES string of the molecule is CCCCCn1nc2c(Cl)cccc2c1-c1ccc(O)cc1. The van der Waals surface area contributed by atoms with Crippen LogP contribution in [0.4, 0.5) is 0 Å². The largest absolute Gasteiger partial charge is 0.508 e. The molecule has 0 saturated heterocycles. The summed E-state index contributed by atoms with van der Waals surface area (Å²) in [5.74, 6) is 0.267. The van der Waals surface area contributed by atoms with E-state index in [0.29, 0.717) is 5.02 Å². The number of benzene rings is 2. The van der Waals surface area contributed by atoms with Crippen LogP contribution in [0.3, 0.4) is 0 Å². The van der Waals surface area contributed by atoms with Crippen molar-refractivity contribution in [1.82, 2.24) is 9.78 Å². The summed E-state index contributed by atoms with van der Waals surface area (Å²) >= 11 is 6.30. The van der Waals surface area contributed by atoms with Gasteiger partial charge in [-0.2, -0.15) is 5.10 Å². The van der Waals surface area contributed by atoms with Gasteiger partial charge in [-0.1, -0.05) is 43.5 Å². The standard InChI is InChI=1S/C18H19ClN2O/c1-2-3-4-12-21-18(13-8-10-14(22)11-9-13)15-6-5-7-16(19)17(15)20-21/h5-11,22H,2-4,12H2,1H3. The number of fused-ring (bicyclic) bond motifs is 1. The molecule has 0 radical (unpaired) electrons. The second kappa shape index (κ2) is 6.41. The van der Waals surface area contributed by atoms with Gasteiger partial charge in [0.1, 0.15) is 11.3 Å². The molecule has 0 amide bonds. The summed E-state index contributed by atoms with van der Waals surface area (Å²) < 4.78 is 2.04. The molecule has 0 unspecified atom stereocenters. The Balaban J connectivity index is 2.13. The maximum atomic E-state index is 9.51. The Morgan fingerprint density at radius 2 is 1.86 bits per heavy atom. The molecule has 0 atom stereocenters. The number of aromatic nitrogens is 2. The van der Waals surface area contributed by atoms with Crippen LogP contribution in [0.5, 0.6) is 5.75 Å². The van der Waals surface area contributed by atoms with Crippen molar-refractivity contribution in [2.75, 3.05) is 0 Å². The van der Waals surface area contributed by atoms with Crippen molar-refractivity contribution in [3.8, 4) is 17.0 Å². The van der Waals surface area contributed by atoms with E-state index in [2.05, 4.69) is 6.92 Å². The highest BCUT2D eigenvalue weighted by Crippen LogP contribution is 2.33. The molecule has 0 aliphatic rings. The number of rotatable bonds is 5. The Morgan fingerprint density at radius 1 is 1.09 bits per heavy atom. The van der Waals surface area contributed by atoms with Gasteiger partial charge in [0.25, 0.3) is 0 Å². The molecule has 114 valence electrons. The molecule has 0 fully saturated rings. The number of halogens is 1. The van der Waals surface area contributed by atoms with Crippen molar-refractivity contribution in [2.24, 2.45) is 0 Å². The normalized spacial score (nSPS) is 11.2. The van der Waals surface area contributed by atoms with Crippen molar-refractivity contribution >= 4 is 22.5 Å². The van der Waals surface area contributed by atoms with E-state index in [-0.39, 0.29) is 5.75 Å². The maximum absolute atomic E-state index is 9.51. The number of phenols is 1. The van der Waals surface area contributed by atoms with E-state index in [0.717, 1.165) is 35.1 Å². The minimum absolute atomic E-state index is 0.267. The Bertz CT molecular complexity index is 778. The van der Waals surface area contributed by atoms with Gasteiger partial charge in [0, 0.05) is 17.5 Å². The summed E-state index contributed by atoms with van der Waals surface area (Å²) in [6.45, 7) is 3.06. The Kier molecular flexibility index (Phi) is 4.34. The monoisotopic (exact) mass is 314 g/mol.